The van der Waals surface area contributed by atoms with Crippen LogP contribution in [0.1, 0.15) is 32.8 Å². The Kier molecular flexibility index (Phi) is 6.30. The largest absolute Gasteiger partial charge is 0.393 e. The van der Waals surface area contributed by atoms with Crippen molar-refractivity contribution in [1.29, 1.82) is 0 Å². The van der Waals surface area contributed by atoms with E-state index in [1.54, 1.807) is 13.0 Å². The van der Waals surface area contributed by atoms with Gasteiger partial charge in [0.25, 0.3) is 0 Å². The first kappa shape index (κ1) is 16.8. The van der Waals surface area contributed by atoms with E-state index < -0.39 is 0 Å². The Hall–Kier alpha value is -1.26. The maximum absolute atomic E-state index is 11.7. The average molecular weight is 299 g/mol. The number of carbonyl (C=O) groups is 1. The van der Waals surface area contributed by atoms with E-state index in [1.165, 1.54) is 0 Å². The van der Waals surface area contributed by atoms with Crippen molar-refractivity contribution in [3.05, 3.63) is 34.9 Å². The third kappa shape index (κ3) is 6.78. The van der Waals surface area contributed by atoms with Crippen molar-refractivity contribution in [3.8, 4) is 0 Å². The number of nitrogens with one attached hydrogen (secondary N) is 2. The summed E-state index contributed by atoms with van der Waals surface area (Å²) in [6.45, 7) is 6.72. The summed E-state index contributed by atoms with van der Waals surface area (Å²) in [7, 11) is 0. The lowest BCUT2D eigenvalue weighted by Crippen LogP contribution is -2.41. The molecule has 5 heteroatoms. The van der Waals surface area contributed by atoms with Gasteiger partial charge >= 0.3 is 6.03 Å². The molecule has 112 valence electrons. The van der Waals surface area contributed by atoms with Crippen LogP contribution in [0.4, 0.5) is 4.79 Å². The van der Waals surface area contributed by atoms with E-state index in [1.807, 2.05) is 32.0 Å². The predicted molar refractivity (Wildman–Crippen MR) is 81.8 cm³/mol. The minimum atomic E-state index is -0.374. The van der Waals surface area contributed by atoms with Crippen LogP contribution in [-0.4, -0.2) is 23.8 Å². The molecule has 0 saturated heterocycles. The SMILES string of the molecule is CC(O)CC(C)(C)CNC(=O)NCc1cccc(Cl)c1. The van der Waals surface area contributed by atoms with E-state index in [0.717, 1.165) is 5.56 Å². The fourth-order valence-electron chi connectivity index (χ4n) is 2.08. The van der Waals surface area contributed by atoms with Crippen LogP contribution in [0.15, 0.2) is 24.3 Å². The Morgan fingerprint density at radius 2 is 2.10 bits per heavy atom. The molecule has 1 unspecified atom stereocenters. The summed E-state index contributed by atoms with van der Waals surface area (Å²) in [6.07, 6.45) is 0.267. The third-order valence-corrected chi connectivity index (χ3v) is 3.15. The van der Waals surface area contributed by atoms with E-state index in [9.17, 15) is 9.90 Å². The standard InChI is InChI=1S/C15H23ClN2O2/c1-11(19)8-15(2,3)10-18-14(20)17-9-12-5-4-6-13(16)7-12/h4-7,11,19H,8-10H2,1-3H3,(H2,17,18,20). The first-order chi connectivity index (χ1) is 9.28. The molecule has 0 heterocycles. The third-order valence-electron chi connectivity index (χ3n) is 2.92. The Balaban J connectivity index is 2.34. The van der Waals surface area contributed by atoms with E-state index in [-0.39, 0.29) is 17.6 Å². The molecule has 0 saturated carbocycles. The average Bonchev–Trinajstić information content (AvgIpc) is 2.32. The number of halogens is 1. The summed E-state index contributed by atoms with van der Waals surface area (Å²) in [5, 5.41) is 15.6. The van der Waals surface area contributed by atoms with Crippen LogP contribution in [0.5, 0.6) is 0 Å². The fraction of sp³-hybridized carbons (Fsp3) is 0.533. The zero-order valence-electron chi connectivity index (χ0n) is 12.2. The molecule has 3 N–H and O–H groups in total. The van der Waals surface area contributed by atoms with Crippen molar-refractivity contribution >= 4 is 17.6 Å². The first-order valence-electron chi connectivity index (χ1n) is 6.73. The highest BCUT2D eigenvalue weighted by molar-refractivity contribution is 6.30. The molecule has 0 aliphatic carbocycles. The molecule has 1 rings (SSSR count). The summed E-state index contributed by atoms with van der Waals surface area (Å²) < 4.78 is 0. The maximum atomic E-state index is 11.7. The second kappa shape index (κ2) is 7.50. The molecule has 20 heavy (non-hydrogen) atoms. The molecule has 0 fully saturated rings. The van der Waals surface area contributed by atoms with Crippen molar-refractivity contribution in [3.63, 3.8) is 0 Å². The topological polar surface area (TPSA) is 61.4 Å². The molecular formula is C15H23ClN2O2. The van der Waals surface area contributed by atoms with Gasteiger partial charge in [-0.2, -0.15) is 0 Å². The van der Waals surface area contributed by atoms with Crippen molar-refractivity contribution in [1.82, 2.24) is 10.6 Å². The van der Waals surface area contributed by atoms with Crippen molar-refractivity contribution in [2.45, 2.75) is 39.8 Å². The quantitative estimate of drug-likeness (QED) is 0.756. The van der Waals surface area contributed by atoms with E-state index in [4.69, 9.17) is 11.6 Å². The highest BCUT2D eigenvalue weighted by atomic mass is 35.5. The number of hydrogen-bond acceptors (Lipinski definition) is 2. The highest BCUT2D eigenvalue weighted by Crippen LogP contribution is 2.20. The molecule has 1 atom stereocenters. The lowest BCUT2D eigenvalue weighted by Gasteiger charge is -2.26. The van der Waals surface area contributed by atoms with Gasteiger partial charge in [0.1, 0.15) is 0 Å². The van der Waals surface area contributed by atoms with Crippen LogP contribution in [0.2, 0.25) is 5.02 Å². The Bertz CT molecular complexity index is 447. The molecule has 1 aromatic rings. The van der Waals surface area contributed by atoms with Gasteiger partial charge in [0, 0.05) is 18.1 Å². The summed E-state index contributed by atoms with van der Waals surface area (Å²) in [4.78, 5) is 11.7. The van der Waals surface area contributed by atoms with Crippen molar-refractivity contribution < 1.29 is 9.90 Å². The van der Waals surface area contributed by atoms with E-state index in [0.29, 0.717) is 24.5 Å². The van der Waals surface area contributed by atoms with E-state index in [2.05, 4.69) is 10.6 Å². The van der Waals surface area contributed by atoms with Gasteiger partial charge in [-0.05, 0) is 36.5 Å². The summed E-state index contributed by atoms with van der Waals surface area (Å²) in [5.41, 5.74) is 0.817. The normalized spacial score (nSPS) is 12.8. The molecule has 2 amide bonds. The minimum absolute atomic E-state index is 0.137. The molecule has 4 nitrogen and oxygen atoms in total. The molecule has 0 aliphatic rings. The van der Waals surface area contributed by atoms with Crippen LogP contribution < -0.4 is 10.6 Å². The monoisotopic (exact) mass is 298 g/mol. The molecule has 0 radical (unpaired) electrons. The van der Waals surface area contributed by atoms with Gasteiger partial charge in [-0.15, -0.1) is 0 Å². The van der Waals surface area contributed by atoms with Crippen LogP contribution >= 0.6 is 11.6 Å². The molecular weight excluding hydrogens is 276 g/mol. The molecule has 0 bridgehead atoms. The number of hydrogen-bond donors (Lipinski definition) is 3. The summed E-state index contributed by atoms with van der Waals surface area (Å²) in [6, 6.07) is 7.15. The van der Waals surface area contributed by atoms with E-state index >= 15 is 0 Å². The fourth-order valence-corrected chi connectivity index (χ4v) is 2.30. The number of benzene rings is 1. The van der Waals surface area contributed by atoms with Gasteiger partial charge in [0.05, 0.1) is 6.10 Å². The van der Waals surface area contributed by atoms with Gasteiger partial charge in [-0.25, -0.2) is 4.79 Å². The minimum Gasteiger partial charge on any atom is -0.393 e. The molecule has 1 aromatic carbocycles. The lowest BCUT2D eigenvalue weighted by molar-refractivity contribution is 0.129. The second-order valence-electron chi connectivity index (χ2n) is 5.88. The number of aliphatic hydroxyl groups is 1. The Morgan fingerprint density at radius 1 is 1.40 bits per heavy atom. The number of urea groups is 1. The smallest absolute Gasteiger partial charge is 0.315 e. The molecule has 0 aliphatic heterocycles. The Morgan fingerprint density at radius 3 is 2.70 bits per heavy atom. The number of carbonyl (C=O) groups excluding carboxylic acids is 1. The van der Waals surface area contributed by atoms with Gasteiger partial charge in [-0.1, -0.05) is 37.6 Å². The zero-order chi connectivity index (χ0) is 15.2. The van der Waals surface area contributed by atoms with Crippen molar-refractivity contribution in [2.75, 3.05) is 6.54 Å². The second-order valence-corrected chi connectivity index (χ2v) is 6.32. The van der Waals surface area contributed by atoms with Gasteiger partial charge in [0.2, 0.25) is 0 Å². The summed E-state index contributed by atoms with van der Waals surface area (Å²) >= 11 is 5.88. The predicted octanol–water partition coefficient (Wildman–Crippen LogP) is 2.94. The lowest BCUT2D eigenvalue weighted by atomic mass is 9.87. The zero-order valence-corrected chi connectivity index (χ0v) is 13.0. The van der Waals surface area contributed by atoms with Crippen molar-refractivity contribution in [2.24, 2.45) is 5.41 Å². The van der Waals surface area contributed by atoms with Gasteiger partial charge < -0.3 is 15.7 Å². The van der Waals surface area contributed by atoms with Gasteiger partial charge in [-0.3, -0.25) is 0 Å². The van der Waals surface area contributed by atoms with Crippen LogP contribution in [0.3, 0.4) is 0 Å². The molecule has 0 spiro atoms. The Labute approximate surface area is 125 Å². The van der Waals surface area contributed by atoms with Crippen LogP contribution in [0.25, 0.3) is 0 Å². The summed E-state index contributed by atoms with van der Waals surface area (Å²) in [5.74, 6) is 0. The van der Waals surface area contributed by atoms with Crippen LogP contribution in [-0.2, 0) is 6.54 Å². The number of rotatable bonds is 6. The highest BCUT2D eigenvalue weighted by Gasteiger charge is 2.20. The number of aliphatic hydroxyl groups excluding tert-OH is 1. The first-order valence-corrected chi connectivity index (χ1v) is 7.10. The van der Waals surface area contributed by atoms with Gasteiger partial charge in [0.15, 0.2) is 0 Å². The number of amides is 2. The molecule has 0 aromatic heterocycles. The maximum Gasteiger partial charge on any atom is 0.315 e. The van der Waals surface area contributed by atoms with Crippen LogP contribution in [0, 0.1) is 5.41 Å².